The lowest BCUT2D eigenvalue weighted by molar-refractivity contribution is -0.116. The van der Waals surface area contributed by atoms with Crippen LogP contribution in [0.3, 0.4) is 0 Å². The number of benzene rings is 2. The lowest BCUT2D eigenvalue weighted by Crippen LogP contribution is -2.19. The Morgan fingerprint density at radius 3 is 2.50 bits per heavy atom. The number of amides is 1. The Morgan fingerprint density at radius 1 is 1.21 bits per heavy atom. The normalized spacial score (nSPS) is 11.3. The van der Waals surface area contributed by atoms with Gasteiger partial charge in [-0.2, -0.15) is 0 Å². The minimum atomic E-state index is -0.0352. The maximum atomic E-state index is 11.7. The first-order valence-electron chi connectivity index (χ1n) is 7.56. The number of ether oxygens (including phenoxy) is 1. The van der Waals surface area contributed by atoms with Gasteiger partial charge < -0.3 is 15.8 Å². The molecule has 0 fully saturated rings. The molecule has 2 rings (SSSR count). The third-order valence-electron chi connectivity index (χ3n) is 3.32. The van der Waals surface area contributed by atoms with Crippen molar-refractivity contribution in [1.82, 2.24) is 0 Å². The van der Waals surface area contributed by atoms with Gasteiger partial charge in [-0.25, -0.2) is 0 Å². The summed E-state index contributed by atoms with van der Waals surface area (Å²) in [5.74, 6) is 0.686. The van der Waals surface area contributed by atoms with Gasteiger partial charge in [0.25, 0.3) is 0 Å². The van der Waals surface area contributed by atoms with Crippen LogP contribution in [0.25, 0.3) is 0 Å². The van der Waals surface area contributed by atoms with Crippen LogP contribution in [0.1, 0.15) is 25.3 Å². The number of nitrogens with one attached hydrogen (secondary N) is 1. The number of anilines is 1. The fourth-order valence-electron chi connectivity index (χ4n) is 1.99. The highest BCUT2D eigenvalue weighted by Crippen LogP contribution is 2.20. The van der Waals surface area contributed by atoms with E-state index in [0.29, 0.717) is 24.5 Å². The molecule has 1 amide bonds. The Bertz CT molecular complexity index is 646. The summed E-state index contributed by atoms with van der Waals surface area (Å²) in [5.41, 5.74) is 7.31. The first kappa shape index (κ1) is 20.3. The third kappa shape index (κ3) is 6.79. The summed E-state index contributed by atoms with van der Waals surface area (Å²) in [6.07, 6.45) is 1.09. The summed E-state index contributed by atoms with van der Waals surface area (Å²) < 4.78 is 5.70. The fraction of sp³-hybridized carbons (Fsp3) is 0.278. The van der Waals surface area contributed by atoms with Crippen LogP contribution >= 0.6 is 24.0 Å². The molecule has 0 saturated carbocycles. The van der Waals surface area contributed by atoms with Gasteiger partial charge in [0.05, 0.1) is 0 Å². The predicted molar refractivity (Wildman–Crippen MR) is 101 cm³/mol. The first-order chi connectivity index (χ1) is 11.0. The van der Waals surface area contributed by atoms with Crippen molar-refractivity contribution in [3.63, 3.8) is 0 Å². The van der Waals surface area contributed by atoms with Gasteiger partial charge in [-0.15, -0.1) is 12.4 Å². The number of hydrogen-bond acceptors (Lipinski definition) is 3. The van der Waals surface area contributed by atoms with E-state index in [2.05, 4.69) is 5.32 Å². The molecule has 6 heteroatoms. The van der Waals surface area contributed by atoms with E-state index in [4.69, 9.17) is 22.1 Å². The van der Waals surface area contributed by atoms with E-state index < -0.39 is 0 Å². The summed E-state index contributed by atoms with van der Waals surface area (Å²) in [6, 6.07) is 14.9. The minimum absolute atomic E-state index is 0. The van der Waals surface area contributed by atoms with Crippen LogP contribution in [0.4, 0.5) is 5.69 Å². The lowest BCUT2D eigenvalue weighted by atomic mass is 10.2. The Morgan fingerprint density at radius 2 is 1.88 bits per heavy atom. The van der Waals surface area contributed by atoms with Gasteiger partial charge >= 0.3 is 0 Å². The lowest BCUT2D eigenvalue weighted by Gasteiger charge is -2.10. The van der Waals surface area contributed by atoms with Gasteiger partial charge in [-0.3, -0.25) is 4.79 Å². The van der Waals surface area contributed by atoms with Crippen LogP contribution in [0.5, 0.6) is 5.75 Å². The molecular weight excluding hydrogens is 347 g/mol. The SMILES string of the molecule is CC(N)CCC(=O)Nc1ccc(OCc2ccccc2Cl)cc1.Cl. The monoisotopic (exact) mass is 368 g/mol. The summed E-state index contributed by atoms with van der Waals surface area (Å²) >= 11 is 6.09. The number of hydrogen-bond donors (Lipinski definition) is 2. The molecule has 2 aromatic carbocycles. The van der Waals surface area contributed by atoms with Crippen LogP contribution in [-0.2, 0) is 11.4 Å². The molecule has 1 atom stereocenters. The summed E-state index contributed by atoms with van der Waals surface area (Å²) in [6.45, 7) is 2.29. The zero-order chi connectivity index (χ0) is 16.7. The van der Waals surface area contributed by atoms with Crippen LogP contribution in [0, 0.1) is 0 Å². The highest BCUT2D eigenvalue weighted by atomic mass is 35.5. The smallest absolute Gasteiger partial charge is 0.224 e. The van der Waals surface area contributed by atoms with Crippen molar-refractivity contribution in [2.45, 2.75) is 32.4 Å². The van der Waals surface area contributed by atoms with Crippen LogP contribution < -0.4 is 15.8 Å². The van der Waals surface area contributed by atoms with Gasteiger partial charge in [0.2, 0.25) is 5.91 Å². The average molecular weight is 369 g/mol. The fourth-order valence-corrected chi connectivity index (χ4v) is 2.18. The summed E-state index contributed by atoms with van der Waals surface area (Å²) in [4.78, 5) is 11.7. The summed E-state index contributed by atoms with van der Waals surface area (Å²) in [5, 5.41) is 3.52. The molecule has 24 heavy (non-hydrogen) atoms. The standard InChI is InChI=1S/C18H21ClN2O2.ClH/c1-13(20)6-11-18(22)21-15-7-9-16(10-8-15)23-12-14-4-2-3-5-17(14)19;/h2-5,7-10,13H,6,11-12,20H2,1H3,(H,21,22);1H. The molecule has 0 aliphatic carbocycles. The first-order valence-corrected chi connectivity index (χ1v) is 7.94. The molecule has 0 aromatic heterocycles. The zero-order valence-electron chi connectivity index (χ0n) is 13.5. The third-order valence-corrected chi connectivity index (χ3v) is 3.69. The molecule has 130 valence electrons. The Labute approximate surface area is 153 Å². The van der Waals surface area contributed by atoms with Gasteiger partial charge in [0.1, 0.15) is 12.4 Å². The number of carbonyl (C=O) groups excluding carboxylic acids is 1. The molecule has 0 heterocycles. The molecule has 4 nitrogen and oxygen atoms in total. The van der Waals surface area contributed by atoms with Gasteiger partial charge in [-0.05, 0) is 43.7 Å². The Kier molecular flexibility index (Phi) is 8.61. The predicted octanol–water partition coefficient (Wildman–Crippen LogP) is 4.41. The molecule has 3 N–H and O–H groups in total. The molecule has 0 aliphatic rings. The highest BCUT2D eigenvalue weighted by molar-refractivity contribution is 6.31. The molecule has 0 radical (unpaired) electrons. The quantitative estimate of drug-likeness (QED) is 0.760. The van der Waals surface area contributed by atoms with Gasteiger partial charge in [0.15, 0.2) is 0 Å². The topological polar surface area (TPSA) is 64.4 Å². The van der Waals surface area contributed by atoms with Gasteiger partial charge in [0, 0.05) is 28.7 Å². The summed E-state index contributed by atoms with van der Waals surface area (Å²) in [7, 11) is 0. The van der Waals surface area contributed by atoms with Crippen molar-refractivity contribution in [1.29, 1.82) is 0 Å². The van der Waals surface area contributed by atoms with E-state index in [1.807, 2.05) is 55.5 Å². The van der Waals surface area contributed by atoms with Crippen molar-refractivity contribution < 1.29 is 9.53 Å². The van der Waals surface area contributed by atoms with Crippen molar-refractivity contribution in [2.75, 3.05) is 5.32 Å². The van der Waals surface area contributed by atoms with E-state index in [0.717, 1.165) is 17.0 Å². The molecular formula is C18H22Cl2N2O2. The van der Waals surface area contributed by atoms with Crippen molar-refractivity contribution in [3.8, 4) is 5.75 Å². The number of halogens is 2. The molecule has 0 saturated heterocycles. The van der Waals surface area contributed by atoms with E-state index in [1.54, 1.807) is 0 Å². The zero-order valence-corrected chi connectivity index (χ0v) is 15.1. The Hall–Kier alpha value is -1.75. The van der Waals surface area contributed by atoms with Crippen LogP contribution in [0.15, 0.2) is 48.5 Å². The van der Waals surface area contributed by atoms with Crippen LogP contribution in [-0.4, -0.2) is 11.9 Å². The average Bonchev–Trinajstić information content (AvgIpc) is 2.53. The Balaban J connectivity index is 0.00000288. The molecule has 1 unspecified atom stereocenters. The van der Waals surface area contributed by atoms with E-state index in [1.165, 1.54) is 0 Å². The maximum absolute atomic E-state index is 11.7. The van der Waals surface area contributed by atoms with Crippen molar-refractivity contribution in [2.24, 2.45) is 5.73 Å². The minimum Gasteiger partial charge on any atom is -0.489 e. The molecule has 0 bridgehead atoms. The largest absolute Gasteiger partial charge is 0.489 e. The van der Waals surface area contributed by atoms with Crippen molar-refractivity contribution in [3.05, 3.63) is 59.1 Å². The van der Waals surface area contributed by atoms with Crippen LogP contribution in [0.2, 0.25) is 5.02 Å². The maximum Gasteiger partial charge on any atom is 0.224 e. The van der Waals surface area contributed by atoms with E-state index >= 15 is 0 Å². The van der Waals surface area contributed by atoms with E-state index in [9.17, 15) is 4.79 Å². The highest BCUT2D eigenvalue weighted by Gasteiger charge is 2.05. The number of rotatable bonds is 7. The second-order valence-corrected chi connectivity index (χ2v) is 5.88. The molecule has 2 aromatic rings. The molecule has 0 spiro atoms. The van der Waals surface area contributed by atoms with E-state index in [-0.39, 0.29) is 24.4 Å². The molecule has 0 aliphatic heterocycles. The number of carbonyl (C=O) groups is 1. The number of nitrogens with two attached hydrogens (primary N) is 1. The second kappa shape index (κ2) is 10.2. The van der Waals surface area contributed by atoms with Gasteiger partial charge in [-0.1, -0.05) is 29.8 Å². The van der Waals surface area contributed by atoms with Crippen molar-refractivity contribution >= 4 is 35.6 Å². The second-order valence-electron chi connectivity index (χ2n) is 5.47.